The summed E-state index contributed by atoms with van der Waals surface area (Å²) in [5.41, 5.74) is 0.944. The molecule has 1 fully saturated rings. The van der Waals surface area contributed by atoms with E-state index < -0.39 is 33.8 Å². The van der Waals surface area contributed by atoms with E-state index in [-0.39, 0.29) is 18.2 Å². The number of rotatable bonds is 6. The molecular formula is C25H21F3N4O4S. The lowest BCUT2D eigenvalue weighted by atomic mass is 10.1. The van der Waals surface area contributed by atoms with Crippen LogP contribution >= 0.6 is 0 Å². The highest BCUT2D eigenvalue weighted by atomic mass is 32.2. The number of carbonyl (C=O) groups is 1. The Morgan fingerprint density at radius 2 is 1.89 bits per heavy atom. The normalized spacial score (nSPS) is 16.8. The van der Waals surface area contributed by atoms with Crippen LogP contribution in [-0.2, 0) is 27.5 Å². The van der Waals surface area contributed by atoms with Crippen molar-refractivity contribution in [3.05, 3.63) is 78.4 Å². The van der Waals surface area contributed by atoms with Gasteiger partial charge in [-0.2, -0.15) is 17.5 Å². The van der Waals surface area contributed by atoms with Crippen LogP contribution in [0.25, 0.3) is 22.1 Å². The Bertz CT molecular complexity index is 1520. The molecule has 12 heteroatoms. The summed E-state index contributed by atoms with van der Waals surface area (Å²) in [7, 11) is -4.03. The molecule has 1 aliphatic rings. The smallest absolute Gasteiger partial charge is 0.433 e. The third-order valence-electron chi connectivity index (χ3n) is 6.12. The van der Waals surface area contributed by atoms with Crippen molar-refractivity contribution in [2.24, 2.45) is 0 Å². The molecule has 1 aromatic carbocycles. The molecule has 0 bridgehead atoms. The maximum Gasteiger partial charge on any atom is 0.433 e. The third kappa shape index (κ3) is 5.07. The lowest BCUT2D eigenvalue weighted by Gasteiger charge is -2.22. The van der Waals surface area contributed by atoms with Crippen molar-refractivity contribution < 1.29 is 30.8 Å². The Balaban J connectivity index is 1.28. The second kappa shape index (κ2) is 9.60. The quantitative estimate of drug-likeness (QED) is 0.397. The van der Waals surface area contributed by atoms with Crippen molar-refractivity contribution in [1.29, 1.82) is 0 Å². The van der Waals surface area contributed by atoms with Gasteiger partial charge in [-0.05, 0) is 42.7 Å². The predicted octanol–water partition coefficient (Wildman–Crippen LogP) is 4.38. The van der Waals surface area contributed by atoms with Gasteiger partial charge in [0.25, 0.3) is 10.0 Å². The van der Waals surface area contributed by atoms with Gasteiger partial charge in [0.05, 0.1) is 12.2 Å². The number of halogens is 3. The van der Waals surface area contributed by atoms with E-state index in [9.17, 15) is 26.4 Å². The van der Waals surface area contributed by atoms with Crippen LogP contribution < -0.4 is 5.32 Å². The molecule has 3 aromatic heterocycles. The van der Waals surface area contributed by atoms with Gasteiger partial charge in [0, 0.05) is 36.0 Å². The van der Waals surface area contributed by atoms with Crippen LogP contribution in [0.5, 0.6) is 0 Å². The van der Waals surface area contributed by atoms with Crippen LogP contribution in [0.2, 0.25) is 0 Å². The fourth-order valence-corrected chi connectivity index (χ4v) is 5.88. The summed E-state index contributed by atoms with van der Waals surface area (Å²) in [6, 6.07) is 12.9. The number of aromatic nitrogens is 2. The van der Waals surface area contributed by atoms with Crippen molar-refractivity contribution >= 4 is 26.9 Å². The van der Waals surface area contributed by atoms with Crippen LogP contribution in [0, 0.1) is 0 Å². The minimum Gasteiger partial charge on any atom is -0.443 e. The van der Waals surface area contributed by atoms with E-state index >= 15 is 0 Å². The zero-order valence-corrected chi connectivity index (χ0v) is 20.1. The van der Waals surface area contributed by atoms with Gasteiger partial charge < -0.3 is 9.73 Å². The largest absolute Gasteiger partial charge is 0.443 e. The molecular weight excluding hydrogens is 509 g/mol. The molecule has 0 radical (unpaired) electrons. The molecule has 5 rings (SSSR count). The molecule has 4 aromatic rings. The molecule has 1 atom stereocenters. The van der Waals surface area contributed by atoms with Gasteiger partial charge in [0.2, 0.25) is 11.0 Å². The zero-order chi connectivity index (χ0) is 26.2. The van der Waals surface area contributed by atoms with Crippen molar-refractivity contribution in [3.63, 3.8) is 0 Å². The van der Waals surface area contributed by atoms with Crippen LogP contribution in [0.1, 0.15) is 24.2 Å². The molecule has 1 aliphatic heterocycles. The first-order valence-corrected chi connectivity index (χ1v) is 12.8. The molecule has 1 N–H and O–H groups in total. The first-order chi connectivity index (χ1) is 17.6. The van der Waals surface area contributed by atoms with E-state index in [0.717, 1.165) is 16.6 Å². The number of fused-ring (bicyclic) bond motifs is 1. The lowest BCUT2D eigenvalue weighted by molar-refractivity contribution is -0.141. The van der Waals surface area contributed by atoms with Gasteiger partial charge in [-0.3, -0.25) is 14.8 Å². The minimum atomic E-state index is -4.53. The Morgan fingerprint density at radius 3 is 2.62 bits per heavy atom. The first-order valence-electron chi connectivity index (χ1n) is 11.4. The van der Waals surface area contributed by atoms with Crippen molar-refractivity contribution in [2.75, 3.05) is 6.54 Å². The van der Waals surface area contributed by atoms with E-state index in [1.165, 1.54) is 18.3 Å². The van der Waals surface area contributed by atoms with Crippen molar-refractivity contribution in [2.45, 2.75) is 36.7 Å². The van der Waals surface area contributed by atoms with E-state index in [1.54, 1.807) is 36.4 Å². The number of hydrogen-bond acceptors (Lipinski definition) is 6. The average molecular weight is 531 g/mol. The monoisotopic (exact) mass is 530 g/mol. The number of furan rings is 1. The number of sulfonamides is 1. The SMILES string of the molecule is O=C(NCc1cc(-c2ccc(C(F)(F)F)nc2)ccn1)[C@@H]1CCCN1S(=O)(=O)c1cc2ccccc2o1. The lowest BCUT2D eigenvalue weighted by Crippen LogP contribution is -2.45. The molecule has 0 saturated carbocycles. The molecule has 0 spiro atoms. The fraction of sp³-hybridized carbons (Fsp3) is 0.240. The maximum absolute atomic E-state index is 13.2. The van der Waals surface area contributed by atoms with Crippen molar-refractivity contribution in [3.8, 4) is 11.1 Å². The number of pyridine rings is 2. The summed E-state index contributed by atoms with van der Waals surface area (Å²) in [6.45, 7) is 0.196. The summed E-state index contributed by atoms with van der Waals surface area (Å²) in [4.78, 5) is 20.6. The number of hydrogen-bond donors (Lipinski definition) is 1. The second-order valence-electron chi connectivity index (χ2n) is 8.56. The van der Waals surface area contributed by atoms with Gasteiger partial charge in [-0.15, -0.1) is 0 Å². The predicted molar refractivity (Wildman–Crippen MR) is 127 cm³/mol. The summed E-state index contributed by atoms with van der Waals surface area (Å²) in [5.74, 6) is -0.472. The maximum atomic E-state index is 13.2. The molecule has 0 unspecified atom stereocenters. The Morgan fingerprint density at radius 1 is 1.08 bits per heavy atom. The molecule has 0 aliphatic carbocycles. The van der Waals surface area contributed by atoms with E-state index in [4.69, 9.17) is 4.42 Å². The fourth-order valence-electron chi connectivity index (χ4n) is 4.27. The molecule has 192 valence electrons. The number of para-hydroxylation sites is 1. The average Bonchev–Trinajstić information content (AvgIpc) is 3.55. The third-order valence-corrected chi connectivity index (χ3v) is 7.88. The van der Waals surface area contributed by atoms with Gasteiger partial charge in [-0.25, -0.2) is 8.42 Å². The van der Waals surface area contributed by atoms with Gasteiger partial charge in [0.1, 0.15) is 17.3 Å². The number of amides is 1. The summed E-state index contributed by atoms with van der Waals surface area (Å²) in [5, 5.41) is 3.16. The highest BCUT2D eigenvalue weighted by Gasteiger charge is 2.41. The number of nitrogens with one attached hydrogen (secondary N) is 1. The van der Waals surface area contributed by atoms with Crippen LogP contribution in [0.4, 0.5) is 13.2 Å². The van der Waals surface area contributed by atoms with E-state index in [1.807, 2.05) is 0 Å². The Labute approximate surface area is 210 Å². The molecule has 1 amide bonds. The van der Waals surface area contributed by atoms with Crippen LogP contribution in [0.3, 0.4) is 0 Å². The summed E-state index contributed by atoms with van der Waals surface area (Å²) >= 11 is 0. The highest BCUT2D eigenvalue weighted by molar-refractivity contribution is 7.89. The number of benzene rings is 1. The molecule has 37 heavy (non-hydrogen) atoms. The zero-order valence-electron chi connectivity index (χ0n) is 19.3. The molecule has 4 heterocycles. The molecule has 8 nitrogen and oxygen atoms in total. The van der Waals surface area contributed by atoms with Crippen molar-refractivity contribution in [1.82, 2.24) is 19.6 Å². The van der Waals surface area contributed by atoms with Gasteiger partial charge in [-0.1, -0.05) is 24.3 Å². The number of carbonyl (C=O) groups excluding carboxylic acids is 1. The topological polar surface area (TPSA) is 105 Å². The Kier molecular flexibility index (Phi) is 6.46. The second-order valence-corrected chi connectivity index (χ2v) is 10.4. The minimum absolute atomic E-state index is 0.00968. The first kappa shape index (κ1) is 24.9. The van der Waals surface area contributed by atoms with Gasteiger partial charge in [0.15, 0.2) is 0 Å². The van der Waals surface area contributed by atoms with E-state index in [0.29, 0.717) is 40.6 Å². The summed E-state index contributed by atoms with van der Waals surface area (Å²) < 4.78 is 71.5. The Hall–Kier alpha value is -3.77. The molecule has 1 saturated heterocycles. The van der Waals surface area contributed by atoms with Crippen LogP contribution in [0.15, 0.2) is 76.5 Å². The van der Waals surface area contributed by atoms with Crippen LogP contribution in [-0.4, -0.2) is 41.2 Å². The number of nitrogens with zero attached hydrogens (tertiary/aromatic N) is 3. The summed E-state index contributed by atoms with van der Waals surface area (Å²) in [6.07, 6.45) is -1.05. The number of alkyl halides is 3. The highest BCUT2D eigenvalue weighted by Crippen LogP contribution is 2.31. The van der Waals surface area contributed by atoms with E-state index in [2.05, 4.69) is 15.3 Å². The standard InChI is InChI=1S/C25H21F3N4O4S/c26-25(27,28)22-8-7-18(14-30-22)16-9-10-29-19(12-16)15-31-24(33)20-5-3-11-32(20)37(34,35)23-13-17-4-1-2-6-21(17)36-23/h1-2,4,6-10,12-14,20H,3,5,11,15H2,(H,31,33)/t20-/m0/s1. The van der Waals surface area contributed by atoms with Gasteiger partial charge >= 0.3 is 6.18 Å².